The van der Waals surface area contributed by atoms with Crippen LogP contribution in [0.4, 0.5) is 0 Å². The molecule has 0 spiro atoms. The molecule has 0 saturated heterocycles. The molecule has 11 rings (SSSR count). The fraction of sp³-hybridized carbons (Fsp3) is 0.0426. The summed E-state index contributed by atoms with van der Waals surface area (Å²) in [5.41, 5.74) is 9.60. The van der Waals surface area contributed by atoms with Gasteiger partial charge in [-0.1, -0.05) is 133 Å². The van der Waals surface area contributed by atoms with Gasteiger partial charge in [0.1, 0.15) is 17.2 Å². The molecule has 246 valence electrons. The van der Waals surface area contributed by atoms with Crippen LogP contribution in [0, 0.1) is 0 Å². The van der Waals surface area contributed by atoms with Crippen molar-refractivity contribution in [1.82, 2.24) is 14.0 Å². The van der Waals surface area contributed by atoms with Gasteiger partial charge in [0.15, 0.2) is 5.58 Å². The van der Waals surface area contributed by atoms with E-state index < -0.39 is 0 Å². The summed E-state index contributed by atoms with van der Waals surface area (Å²) in [5.74, 6) is 1.84. The zero-order valence-electron chi connectivity index (χ0n) is 28.4. The van der Waals surface area contributed by atoms with Crippen molar-refractivity contribution in [1.29, 1.82) is 0 Å². The van der Waals surface area contributed by atoms with Crippen LogP contribution in [0.1, 0.15) is 17.2 Å². The van der Waals surface area contributed by atoms with Crippen molar-refractivity contribution in [3.05, 3.63) is 181 Å². The van der Waals surface area contributed by atoms with Crippen molar-refractivity contribution in [2.24, 2.45) is 4.99 Å². The highest BCUT2D eigenvalue weighted by molar-refractivity contribution is 6.27. The lowest BCUT2D eigenvalue weighted by atomic mass is 10.0. The van der Waals surface area contributed by atoms with Gasteiger partial charge in [0.25, 0.3) is 0 Å². The van der Waals surface area contributed by atoms with Gasteiger partial charge in [-0.2, -0.15) is 0 Å². The van der Waals surface area contributed by atoms with E-state index in [4.69, 9.17) is 9.41 Å². The molecule has 1 atom stereocenters. The Balaban J connectivity index is 1.27. The van der Waals surface area contributed by atoms with Crippen LogP contribution >= 0.6 is 0 Å². The van der Waals surface area contributed by atoms with Crippen LogP contribution in [0.25, 0.3) is 77.1 Å². The first-order valence-electron chi connectivity index (χ1n) is 17.7. The topological polar surface area (TPSA) is 38.6 Å². The quantitative estimate of drug-likeness (QED) is 0.187. The van der Waals surface area contributed by atoms with E-state index in [1.807, 2.05) is 6.07 Å². The molecule has 10 aromatic rings. The lowest BCUT2D eigenvalue weighted by molar-refractivity contribution is 0.433. The monoisotopic (exact) mass is 668 g/mol. The predicted molar refractivity (Wildman–Crippen MR) is 215 cm³/mol. The van der Waals surface area contributed by atoms with Crippen molar-refractivity contribution >= 4 is 77.2 Å². The summed E-state index contributed by atoms with van der Waals surface area (Å²) in [6.45, 7) is 0. The Hall–Kier alpha value is -6.85. The van der Waals surface area contributed by atoms with Crippen LogP contribution in [0.2, 0.25) is 0 Å². The molecule has 52 heavy (non-hydrogen) atoms. The van der Waals surface area contributed by atoms with Crippen molar-refractivity contribution in [2.75, 3.05) is 7.05 Å². The zero-order chi connectivity index (χ0) is 34.3. The average molecular weight is 669 g/mol. The molecule has 5 heteroatoms. The van der Waals surface area contributed by atoms with Crippen molar-refractivity contribution in [3.8, 4) is 5.69 Å². The number of hydrogen-bond donors (Lipinski definition) is 0. The molecule has 1 aliphatic rings. The fourth-order valence-electron chi connectivity index (χ4n) is 8.47. The Bertz CT molecular complexity index is 3090. The number of benzene rings is 7. The van der Waals surface area contributed by atoms with Gasteiger partial charge in [-0.15, -0.1) is 0 Å². The average Bonchev–Trinajstić information content (AvgIpc) is 3.87. The minimum Gasteiger partial charge on any atom is -0.454 e. The summed E-state index contributed by atoms with van der Waals surface area (Å²) in [6, 6.07) is 58.1. The molecule has 7 aromatic carbocycles. The van der Waals surface area contributed by atoms with Gasteiger partial charge in [-0.05, 0) is 42.0 Å². The van der Waals surface area contributed by atoms with Crippen molar-refractivity contribution in [3.63, 3.8) is 0 Å². The third-order valence-electron chi connectivity index (χ3n) is 10.8. The van der Waals surface area contributed by atoms with E-state index >= 15 is 0 Å². The van der Waals surface area contributed by atoms with E-state index in [9.17, 15) is 0 Å². The van der Waals surface area contributed by atoms with Crippen molar-refractivity contribution in [2.45, 2.75) is 6.04 Å². The van der Waals surface area contributed by atoms with Crippen LogP contribution in [-0.2, 0) is 0 Å². The molecule has 5 nitrogen and oxygen atoms in total. The largest absolute Gasteiger partial charge is 0.454 e. The zero-order valence-corrected chi connectivity index (χ0v) is 28.4. The number of aromatic nitrogens is 2. The SMILES string of the molecule is CN1C(c2ccccc2)=NC(n2c3ccccc3c3ccc4c(c5ccccc5n4-c4cccc5c4oc4ccccc45)c32)=CC1c1ccccc1. The summed E-state index contributed by atoms with van der Waals surface area (Å²) in [7, 11) is 2.15. The Morgan fingerprint density at radius 3 is 1.98 bits per heavy atom. The van der Waals surface area contributed by atoms with Gasteiger partial charge in [0, 0.05) is 44.9 Å². The van der Waals surface area contributed by atoms with Gasteiger partial charge < -0.3 is 13.9 Å². The highest BCUT2D eigenvalue weighted by Gasteiger charge is 2.28. The standard InChI is InChI=1S/C47H32N4O/c1-49-41(30-15-4-2-5-16-30)29-43(48-47(49)31-17-6-3-7-18-31)51-37-23-11-8-19-32(37)34-27-28-39-44(45(34)51)36-21-9-12-24-38(36)50(39)40-25-14-22-35-33-20-10-13-26-42(33)52-46(35)40/h2-29,41H,1H3. The lowest BCUT2D eigenvalue weighted by Crippen LogP contribution is -2.34. The van der Waals surface area contributed by atoms with E-state index in [1.165, 1.54) is 27.1 Å². The third kappa shape index (κ3) is 4.08. The molecule has 0 N–H and O–H groups in total. The number of rotatable bonds is 4. The number of para-hydroxylation sites is 4. The Labute approximate surface area is 299 Å². The van der Waals surface area contributed by atoms with Gasteiger partial charge in [-0.25, -0.2) is 4.99 Å². The summed E-state index contributed by atoms with van der Waals surface area (Å²) in [4.78, 5) is 7.80. The van der Waals surface area contributed by atoms with Gasteiger partial charge in [-0.3, -0.25) is 4.57 Å². The van der Waals surface area contributed by atoms with E-state index in [0.29, 0.717) is 0 Å². The third-order valence-corrected chi connectivity index (χ3v) is 10.8. The first-order chi connectivity index (χ1) is 25.7. The predicted octanol–water partition coefficient (Wildman–Crippen LogP) is 11.7. The maximum absolute atomic E-state index is 6.62. The number of amidine groups is 1. The number of hydrogen-bond acceptors (Lipinski definition) is 3. The van der Waals surface area contributed by atoms with Gasteiger partial charge >= 0.3 is 0 Å². The van der Waals surface area contributed by atoms with Crippen LogP contribution in [0.15, 0.2) is 179 Å². The van der Waals surface area contributed by atoms with Crippen LogP contribution in [-0.4, -0.2) is 26.9 Å². The number of furan rings is 1. The maximum Gasteiger partial charge on any atom is 0.159 e. The minimum atomic E-state index is -0.0219. The van der Waals surface area contributed by atoms with E-state index in [0.717, 1.165) is 66.9 Å². The molecular formula is C47H32N4O. The second-order valence-corrected chi connectivity index (χ2v) is 13.6. The molecule has 0 bridgehead atoms. The van der Waals surface area contributed by atoms with Crippen LogP contribution in [0.3, 0.4) is 0 Å². The molecule has 0 saturated carbocycles. The maximum atomic E-state index is 6.62. The Morgan fingerprint density at radius 1 is 0.519 bits per heavy atom. The first-order valence-corrected chi connectivity index (χ1v) is 17.7. The summed E-state index contributed by atoms with van der Waals surface area (Å²) >= 11 is 0. The molecule has 1 aliphatic heterocycles. The smallest absolute Gasteiger partial charge is 0.159 e. The van der Waals surface area contributed by atoms with Gasteiger partial charge in [0.2, 0.25) is 0 Å². The summed E-state index contributed by atoms with van der Waals surface area (Å²) in [5, 5.41) is 6.99. The molecule has 1 unspecified atom stereocenters. The molecule has 0 amide bonds. The highest BCUT2D eigenvalue weighted by Crippen LogP contribution is 2.44. The lowest BCUT2D eigenvalue weighted by Gasteiger charge is -2.33. The summed E-state index contributed by atoms with van der Waals surface area (Å²) in [6.07, 6.45) is 2.32. The van der Waals surface area contributed by atoms with Crippen molar-refractivity contribution < 1.29 is 4.42 Å². The minimum absolute atomic E-state index is 0.0219. The first kappa shape index (κ1) is 28.9. The molecule has 4 heterocycles. The number of aliphatic imine (C=N–C) groups is 1. The van der Waals surface area contributed by atoms with E-state index in [2.05, 4.69) is 185 Å². The Kier molecular flexibility index (Phi) is 6.16. The number of fused-ring (bicyclic) bond motifs is 10. The number of nitrogens with zero attached hydrogens (tertiary/aromatic N) is 4. The molecule has 3 aromatic heterocycles. The molecule has 0 radical (unpaired) electrons. The molecule has 0 fully saturated rings. The molecular weight excluding hydrogens is 637 g/mol. The summed E-state index contributed by atoms with van der Waals surface area (Å²) < 4.78 is 11.4. The second kappa shape index (κ2) is 11.1. The fourth-order valence-corrected chi connectivity index (χ4v) is 8.47. The van der Waals surface area contributed by atoms with Crippen LogP contribution in [0.5, 0.6) is 0 Å². The highest BCUT2D eigenvalue weighted by atomic mass is 16.3. The van der Waals surface area contributed by atoms with E-state index in [1.54, 1.807) is 0 Å². The number of likely N-dealkylation sites (N-methyl/N-ethyl adjacent to an activating group) is 1. The van der Waals surface area contributed by atoms with Crippen LogP contribution < -0.4 is 0 Å². The van der Waals surface area contributed by atoms with Gasteiger partial charge in [0.05, 0.1) is 33.8 Å². The Morgan fingerprint density at radius 2 is 1.17 bits per heavy atom. The molecule has 0 aliphatic carbocycles. The second-order valence-electron chi connectivity index (χ2n) is 13.6. The van der Waals surface area contributed by atoms with E-state index in [-0.39, 0.29) is 6.04 Å². The normalized spacial score (nSPS) is 15.0.